The summed E-state index contributed by atoms with van der Waals surface area (Å²) in [6, 6.07) is 17.9. The first kappa shape index (κ1) is 23.1. The van der Waals surface area contributed by atoms with Gasteiger partial charge in [-0.15, -0.1) is 23.1 Å². The Morgan fingerprint density at radius 3 is 2.61 bits per heavy atom. The third kappa shape index (κ3) is 5.65. The first-order valence-corrected chi connectivity index (χ1v) is 12.7. The predicted molar refractivity (Wildman–Crippen MR) is 136 cm³/mol. The zero-order valence-corrected chi connectivity index (χ0v) is 20.2. The van der Waals surface area contributed by atoms with E-state index in [0.717, 1.165) is 40.1 Å². The number of amides is 2. The van der Waals surface area contributed by atoms with Crippen LogP contribution in [-0.2, 0) is 9.59 Å². The molecule has 1 atom stereocenters. The normalized spacial score (nSPS) is 13.7. The van der Waals surface area contributed by atoms with Crippen molar-refractivity contribution < 1.29 is 9.59 Å². The minimum Gasteiger partial charge on any atom is -0.326 e. The lowest BCUT2D eigenvalue weighted by molar-refractivity contribution is -0.117. The molecule has 7 heteroatoms. The van der Waals surface area contributed by atoms with Crippen LogP contribution in [0, 0.1) is 24.2 Å². The van der Waals surface area contributed by atoms with Crippen molar-refractivity contribution in [2.45, 2.75) is 43.3 Å². The molecule has 3 aromatic rings. The number of rotatable bonds is 8. The van der Waals surface area contributed by atoms with Gasteiger partial charge in [0.1, 0.15) is 11.1 Å². The average Bonchev–Trinajstić information content (AvgIpc) is 3.59. The Morgan fingerprint density at radius 1 is 1.18 bits per heavy atom. The number of aryl methyl sites for hydroxylation is 1. The Kier molecular flexibility index (Phi) is 7.17. The van der Waals surface area contributed by atoms with E-state index in [2.05, 4.69) is 16.7 Å². The minimum atomic E-state index is -0.323. The summed E-state index contributed by atoms with van der Waals surface area (Å²) in [6.07, 6.45) is 2.54. The quantitative estimate of drug-likeness (QED) is 0.367. The maximum Gasteiger partial charge on any atom is 0.238 e. The minimum absolute atomic E-state index is 0.0630. The molecule has 5 nitrogen and oxygen atoms in total. The maximum atomic E-state index is 13.1. The highest BCUT2D eigenvalue weighted by molar-refractivity contribution is 8.00. The SMILES string of the molecule is CCC(Sc1cccc(NC(=O)C2CC2)c1)C(=O)Nc1scc(-c2ccc(C)cc2)c1C#N. The Hall–Kier alpha value is -3.08. The Balaban J connectivity index is 1.46. The van der Waals surface area contributed by atoms with E-state index in [1.54, 1.807) is 0 Å². The number of carbonyl (C=O) groups is 2. The molecular weight excluding hydrogens is 450 g/mol. The molecule has 2 amide bonds. The fraction of sp³-hybridized carbons (Fsp3) is 0.269. The second-order valence-electron chi connectivity index (χ2n) is 8.13. The molecule has 1 aromatic heterocycles. The third-order valence-corrected chi connectivity index (χ3v) is 7.75. The first-order valence-electron chi connectivity index (χ1n) is 11.0. The van der Waals surface area contributed by atoms with Crippen molar-refractivity contribution in [3.8, 4) is 17.2 Å². The molecule has 2 N–H and O–H groups in total. The standard InChI is InChI=1S/C26H25N3O2S2/c1-3-23(33-20-6-4-5-19(13-20)28-24(30)18-11-12-18)25(31)29-26-21(14-27)22(15-32-26)17-9-7-16(2)8-10-17/h4-10,13,15,18,23H,3,11-12H2,1-2H3,(H,28,30)(H,29,31). The number of carbonyl (C=O) groups excluding carboxylic acids is 2. The van der Waals surface area contributed by atoms with Crippen LogP contribution in [0.1, 0.15) is 37.3 Å². The molecule has 0 saturated heterocycles. The van der Waals surface area contributed by atoms with Crippen molar-refractivity contribution in [1.29, 1.82) is 5.26 Å². The van der Waals surface area contributed by atoms with E-state index in [-0.39, 0.29) is 23.0 Å². The zero-order valence-electron chi connectivity index (χ0n) is 18.6. The molecule has 33 heavy (non-hydrogen) atoms. The van der Waals surface area contributed by atoms with Gasteiger partial charge in [-0.2, -0.15) is 5.26 Å². The molecular formula is C26H25N3O2S2. The fourth-order valence-electron chi connectivity index (χ4n) is 3.42. The number of nitrogens with one attached hydrogen (secondary N) is 2. The topological polar surface area (TPSA) is 82.0 Å². The van der Waals surface area contributed by atoms with Crippen molar-refractivity contribution >= 4 is 45.6 Å². The van der Waals surface area contributed by atoms with Gasteiger partial charge in [0.25, 0.3) is 0 Å². The molecule has 1 heterocycles. The predicted octanol–water partition coefficient (Wildman–Crippen LogP) is 6.45. The van der Waals surface area contributed by atoms with Crippen LogP contribution in [0.5, 0.6) is 0 Å². The summed E-state index contributed by atoms with van der Waals surface area (Å²) >= 11 is 2.83. The summed E-state index contributed by atoms with van der Waals surface area (Å²) in [7, 11) is 0. The van der Waals surface area contributed by atoms with Gasteiger partial charge in [-0.25, -0.2) is 0 Å². The molecule has 4 rings (SSSR count). The van der Waals surface area contributed by atoms with Crippen LogP contribution in [0.25, 0.3) is 11.1 Å². The highest BCUT2D eigenvalue weighted by atomic mass is 32.2. The number of benzene rings is 2. The number of anilines is 2. The van der Waals surface area contributed by atoms with Gasteiger partial charge in [0, 0.05) is 27.4 Å². The number of hydrogen-bond acceptors (Lipinski definition) is 5. The molecule has 1 saturated carbocycles. The van der Waals surface area contributed by atoms with Crippen molar-refractivity contribution in [2.24, 2.45) is 5.92 Å². The van der Waals surface area contributed by atoms with E-state index in [4.69, 9.17) is 0 Å². The highest BCUT2D eigenvalue weighted by Crippen LogP contribution is 2.36. The number of nitriles is 1. The Labute approximate surface area is 202 Å². The van der Waals surface area contributed by atoms with Crippen molar-refractivity contribution in [1.82, 2.24) is 0 Å². The lowest BCUT2D eigenvalue weighted by Crippen LogP contribution is -2.24. The van der Waals surface area contributed by atoms with Crippen molar-refractivity contribution in [3.63, 3.8) is 0 Å². The van der Waals surface area contributed by atoms with Gasteiger partial charge in [-0.05, 0) is 49.9 Å². The lowest BCUT2D eigenvalue weighted by Gasteiger charge is -2.15. The molecule has 1 fully saturated rings. The second kappa shape index (κ2) is 10.2. The number of thiophene rings is 1. The van der Waals surface area contributed by atoms with Crippen LogP contribution < -0.4 is 10.6 Å². The lowest BCUT2D eigenvalue weighted by atomic mass is 10.0. The van der Waals surface area contributed by atoms with Crippen LogP contribution >= 0.6 is 23.1 Å². The molecule has 1 aliphatic rings. The Morgan fingerprint density at radius 2 is 1.94 bits per heavy atom. The van der Waals surface area contributed by atoms with Crippen LogP contribution in [0.3, 0.4) is 0 Å². The number of thioether (sulfide) groups is 1. The van der Waals surface area contributed by atoms with Gasteiger partial charge in [0.15, 0.2) is 0 Å². The molecule has 1 aliphatic carbocycles. The van der Waals surface area contributed by atoms with E-state index >= 15 is 0 Å². The summed E-state index contributed by atoms with van der Waals surface area (Å²) in [5.74, 6) is 0.0668. The van der Waals surface area contributed by atoms with E-state index in [1.165, 1.54) is 23.1 Å². The Bertz CT molecular complexity index is 1210. The van der Waals surface area contributed by atoms with Gasteiger partial charge in [0.2, 0.25) is 11.8 Å². The van der Waals surface area contributed by atoms with Crippen LogP contribution in [-0.4, -0.2) is 17.1 Å². The summed E-state index contributed by atoms with van der Waals surface area (Å²) in [5, 5.41) is 17.8. The molecule has 1 unspecified atom stereocenters. The van der Waals surface area contributed by atoms with Crippen molar-refractivity contribution in [3.05, 3.63) is 65.0 Å². The van der Waals surface area contributed by atoms with Crippen LogP contribution in [0.4, 0.5) is 10.7 Å². The number of nitrogens with zero attached hydrogens (tertiary/aromatic N) is 1. The monoisotopic (exact) mass is 475 g/mol. The van der Waals surface area contributed by atoms with E-state index in [1.807, 2.05) is 67.8 Å². The summed E-state index contributed by atoms with van der Waals surface area (Å²) in [5.41, 5.74) is 4.18. The third-order valence-electron chi connectivity index (χ3n) is 5.49. The summed E-state index contributed by atoms with van der Waals surface area (Å²) < 4.78 is 0. The second-order valence-corrected chi connectivity index (χ2v) is 10.3. The van der Waals surface area contributed by atoms with Crippen LogP contribution in [0.15, 0.2) is 58.8 Å². The first-order chi connectivity index (χ1) is 16.0. The van der Waals surface area contributed by atoms with Gasteiger partial charge >= 0.3 is 0 Å². The zero-order chi connectivity index (χ0) is 23.4. The fourth-order valence-corrected chi connectivity index (χ4v) is 5.36. The molecule has 0 spiro atoms. The van der Waals surface area contributed by atoms with Crippen molar-refractivity contribution in [2.75, 3.05) is 10.6 Å². The van der Waals surface area contributed by atoms with Gasteiger partial charge in [0.05, 0.1) is 10.8 Å². The average molecular weight is 476 g/mol. The molecule has 2 aromatic carbocycles. The summed E-state index contributed by atoms with van der Waals surface area (Å²) in [4.78, 5) is 26.0. The van der Waals surface area contributed by atoms with E-state index in [9.17, 15) is 14.9 Å². The molecule has 168 valence electrons. The smallest absolute Gasteiger partial charge is 0.238 e. The maximum absolute atomic E-state index is 13.1. The van der Waals surface area contributed by atoms with Gasteiger partial charge < -0.3 is 10.6 Å². The number of hydrogen-bond donors (Lipinski definition) is 2. The largest absolute Gasteiger partial charge is 0.326 e. The van der Waals surface area contributed by atoms with E-state index in [0.29, 0.717) is 17.0 Å². The molecule has 0 aliphatic heterocycles. The van der Waals surface area contributed by atoms with E-state index < -0.39 is 0 Å². The van der Waals surface area contributed by atoms with Gasteiger partial charge in [-0.1, -0.05) is 42.8 Å². The molecule has 0 bridgehead atoms. The van der Waals surface area contributed by atoms with Crippen LogP contribution in [0.2, 0.25) is 0 Å². The highest BCUT2D eigenvalue weighted by Gasteiger charge is 2.29. The summed E-state index contributed by atoms with van der Waals surface area (Å²) in [6.45, 7) is 3.99. The molecule has 0 radical (unpaired) electrons. The van der Waals surface area contributed by atoms with Gasteiger partial charge in [-0.3, -0.25) is 9.59 Å².